The lowest BCUT2D eigenvalue weighted by Gasteiger charge is -2.17. The molecule has 11 heteroatoms. The van der Waals surface area contributed by atoms with Crippen LogP contribution in [0.1, 0.15) is 30.1 Å². The quantitative estimate of drug-likeness (QED) is 0.775. The molecular formula is C16H17F5N6. The minimum absolute atomic E-state index is 0.0178. The largest absolute Gasteiger partial charge is 0.421 e. The predicted octanol–water partition coefficient (Wildman–Crippen LogP) is 4.00. The van der Waals surface area contributed by atoms with Gasteiger partial charge in [0.2, 0.25) is 5.95 Å². The fraction of sp³-hybridized carbons (Fsp3) is 0.562. The van der Waals surface area contributed by atoms with E-state index in [1.807, 2.05) is 0 Å². The SMILES string of the molecule is CNc1nc(Nc2cnn(C3C[C@@H]4[C@H](C3)C4(F)F)c2C)ncc1C(F)(F)F. The Morgan fingerprint density at radius 1 is 1.19 bits per heavy atom. The summed E-state index contributed by atoms with van der Waals surface area (Å²) < 4.78 is 67.2. The first kappa shape index (κ1) is 17.9. The summed E-state index contributed by atoms with van der Waals surface area (Å²) in [5, 5.41) is 9.51. The maximum absolute atomic E-state index is 13.4. The predicted molar refractivity (Wildman–Crippen MR) is 87.0 cm³/mol. The Balaban J connectivity index is 1.52. The smallest absolute Gasteiger partial charge is 0.372 e. The van der Waals surface area contributed by atoms with Crippen molar-refractivity contribution in [2.45, 2.75) is 37.9 Å². The van der Waals surface area contributed by atoms with Crippen molar-refractivity contribution in [3.63, 3.8) is 0 Å². The highest BCUT2D eigenvalue weighted by molar-refractivity contribution is 5.58. The number of hydrogen-bond acceptors (Lipinski definition) is 5. The van der Waals surface area contributed by atoms with E-state index in [2.05, 4.69) is 25.7 Å². The third-order valence-corrected chi connectivity index (χ3v) is 5.39. The number of alkyl halides is 5. The van der Waals surface area contributed by atoms with Crippen molar-refractivity contribution in [3.05, 3.63) is 23.7 Å². The second kappa shape index (κ2) is 5.77. The molecule has 0 saturated heterocycles. The fourth-order valence-corrected chi connectivity index (χ4v) is 3.86. The van der Waals surface area contributed by atoms with Gasteiger partial charge in [-0.3, -0.25) is 4.68 Å². The zero-order valence-electron chi connectivity index (χ0n) is 14.5. The number of nitrogens with zero attached hydrogens (tertiary/aromatic N) is 4. The second-order valence-electron chi connectivity index (χ2n) is 6.93. The van der Waals surface area contributed by atoms with Crippen LogP contribution in [-0.4, -0.2) is 32.7 Å². The zero-order chi connectivity index (χ0) is 19.6. The van der Waals surface area contributed by atoms with Crippen LogP contribution in [0.5, 0.6) is 0 Å². The number of nitrogens with one attached hydrogen (secondary N) is 2. The average Bonchev–Trinajstić information content (AvgIpc) is 2.99. The van der Waals surface area contributed by atoms with Gasteiger partial charge in [-0.05, 0) is 19.8 Å². The Labute approximate surface area is 151 Å². The average molecular weight is 388 g/mol. The van der Waals surface area contributed by atoms with Gasteiger partial charge in [0.25, 0.3) is 5.92 Å². The molecule has 1 unspecified atom stereocenters. The molecule has 2 fully saturated rings. The van der Waals surface area contributed by atoms with Crippen molar-refractivity contribution in [2.75, 3.05) is 17.7 Å². The second-order valence-corrected chi connectivity index (χ2v) is 6.93. The standard InChI is InChI=1S/C16H17F5N6/c1-7-12(6-24-27(7)8-3-9-10(4-8)15(9,17)18)25-14-23-5-11(16(19,20)21)13(22-2)26-14/h5-6,8-10H,3-4H2,1-2H3,(H2,22,23,25,26)/t8?,9-,10+. The van der Waals surface area contributed by atoms with E-state index < -0.39 is 29.5 Å². The lowest BCUT2D eigenvalue weighted by atomic mass is 10.1. The summed E-state index contributed by atoms with van der Waals surface area (Å²) >= 11 is 0. The van der Waals surface area contributed by atoms with Gasteiger partial charge in [-0.25, -0.2) is 13.8 Å². The molecule has 2 aliphatic rings. The molecule has 2 N–H and O–H groups in total. The van der Waals surface area contributed by atoms with Crippen LogP contribution in [-0.2, 0) is 6.18 Å². The van der Waals surface area contributed by atoms with Crippen molar-refractivity contribution in [1.82, 2.24) is 19.7 Å². The third-order valence-electron chi connectivity index (χ3n) is 5.39. The van der Waals surface area contributed by atoms with Crippen molar-refractivity contribution >= 4 is 17.5 Å². The maximum Gasteiger partial charge on any atom is 0.421 e. The summed E-state index contributed by atoms with van der Waals surface area (Å²) in [5.41, 5.74) is 0.248. The molecular weight excluding hydrogens is 371 g/mol. The van der Waals surface area contributed by atoms with Crippen LogP contribution in [0, 0.1) is 18.8 Å². The Morgan fingerprint density at radius 2 is 1.85 bits per heavy atom. The normalized spacial score (nSPS) is 26.0. The number of fused-ring (bicyclic) bond motifs is 1. The molecule has 27 heavy (non-hydrogen) atoms. The fourth-order valence-electron chi connectivity index (χ4n) is 3.86. The third kappa shape index (κ3) is 2.88. The maximum atomic E-state index is 13.4. The minimum Gasteiger partial charge on any atom is -0.372 e. The van der Waals surface area contributed by atoms with Gasteiger partial charge < -0.3 is 10.6 Å². The molecule has 0 aromatic carbocycles. The van der Waals surface area contributed by atoms with E-state index in [4.69, 9.17) is 0 Å². The first-order valence-corrected chi connectivity index (χ1v) is 8.43. The Kier molecular flexibility index (Phi) is 3.83. The van der Waals surface area contributed by atoms with E-state index in [0.29, 0.717) is 30.4 Å². The highest BCUT2D eigenvalue weighted by Crippen LogP contribution is 2.66. The molecule has 4 rings (SSSR count). The summed E-state index contributed by atoms with van der Waals surface area (Å²) in [7, 11) is 1.34. The molecule has 2 saturated carbocycles. The van der Waals surface area contributed by atoms with Gasteiger partial charge in [0.15, 0.2) is 0 Å². The molecule has 2 aromatic heterocycles. The van der Waals surface area contributed by atoms with Gasteiger partial charge >= 0.3 is 6.18 Å². The van der Waals surface area contributed by atoms with Crippen LogP contribution in [0.2, 0.25) is 0 Å². The van der Waals surface area contributed by atoms with Crippen LogP contribution in [0.15, 0.2) is 12.4 Å². The number of rotatable bonds is 4. The van der Waals surface area contributed by atoms with Gasteiger partial charge in [-0.1, -0.05) is 0 Å². The van der Waals surface area contributed by atoms with E-state index in [-0.39, 0.29) is 17.8 Å². The lowest BCUT2D eigenvalue weighted by molar-refractivity contribution is -0.137. The molecule has 0 bridgehead atoms. The molecule has 6 nitrogen and oxygen atoms in total. The van der Waals surface area contributed by atoms with Gasteiger partial charge in [0.1, 0.15) is 11.4 Å². The van der Waals surface area contributed by atoms with Crippen molar-refractivity contribution in [3.8, 4) is 0 Å². The molecule has 0 radical (unpaired) electrons. The monoisotopic (exact) mass is 388 g/mol. The number of hydrogen-bond donors (Lipinski definition) is 2. The summed E-state index contributed by atoms with van der Waals surface area (Å²) in [5.74, 6) is -4.05. The van der Waals surface area contributed by atoms with Crippen molar-refractivity contribution < 1.29 is 22.0 Å². The van der Waals surface area contributed by atoms with E-state index >= 15 is 0 Å². The van der Waals surface area contributed by atoms with Crippen LogP contribution >= 0.6 is 0 Å². The van der Waals surface area contributed by atoms with E-state index in [1.165, 1.54) is 13.2 Å². The highest BCUT2D eigenvalue weighted by Gasteiger charge is 2.71. The summed E-state index contributed by atoms with van der Waals surface area (Å²) in [4.78, 5) is 7.57. The van der Waals surface area contributed by atoms with Gasteiger partial charge in [-0.2, -0.15) is 23.3 Å². The molecule has 2 aliphatic carbocycles. The van der Waals surface area contributed by atoms with Crippen molar-refractivity contribution in [1.29, 1.82) is 0 Å². The van der Waals surface area contributed by atoms with Crippen LogP contribution in [0.25, 0.3) is 0 Å². The summed E-state index contributed by atoms with van der Waals surface area (Å²) in [6.07, 6.45) is -1.62. The van der Waals surface area contributed by atoms with Gasteiger partial charge in [-0.15, -0.1) is 0 Å². The lowest BCUT2D eigenvalue weighted by Crippen LogP contribution is -2.15. The number of anilines is 3. The Morgan fingerprint density at radius 3 is 2.44 bits per heavy atom. The topological polar surface area (TPSA) is 67.7 Å². The zero-order valence-corrected chi connectivity index (χ0v) is 14.5. The van der Waals surface area contributed by atoms with E-state index in [0.717, 1.165) is 0 Å². The minimum atomic E-state index is -4.57. The number of halogens is 5. The first-order chi connectivity index (χ1) is 12.6. The molecule has 146 valence electrons. The summed E-state index contributed by atoms with van der Waals surface area (Å²) in [6, 6.07) is -0.100. The van der Waals surface area contributed by atoms with Gasteiger partial charge in [0.05, 0.1) is 23.6 Å². The van der Waals surface area contributed by atoms with Crippen LogP contribution in [0.3, 0.4) is 0 Å². The molecule has 0 aliphatic heterocycles. The van der Waals surface area contributed by atoms with Crippen LogP contribution < -0.4 is 10.6 Å². The Hall–Kier alpha value is -2.46. The molecule has 0 amide bonds. The number of aromatic nitrogens is 4. The van der Waals surface area contributed by atoms with E-state index in [9.17, 15) is 22.0 Å². The first-order valence-electron chi connectivity index (χ1n) is 8.43. The Bertz CT molecular complexity index is 863. The molecule has 2 aromatic rings. The molecule has 2 heterocycles. The molecule has 3 atom stereocenters. The van der Waals surface area contributed by atoms with Crippen molar-refractivity contribution in [2.24, 2.45) is 11.8 Å². The summed E-state index contributed by atoms with van der Waals surface area (Å²) in [6.45, 7) is 1.76. The molecule has 0 spiro atoms. The highest BCUT2D eigenvalue weighted by atomic mass is 19.4. The van der Waals surface area contributed by atoms with Gasteiger partial charge in [0, 0.05) is 25.1 Å². The van der Waals surface area contributed by atoms with E-state index in [1.54, 1.807) is 11.6 Å². The van der Waals surface area contributed by atoms with Crippen LogP contribution in [0.4, 0.5) is 39.4 Å².